The van der Waals surface area contributed by atoms with Gasteiger partial charge in [0.05, 0.1) is 25.7 Å². The van der Waals surface area contributed by atoms with Gasteiger partial charge in [-0.2, -0.15) is 5.26 Å². The van der Waals surface area contributed by atoms with Crippen LogP contribution >= 0.6 is 12.4 Å². The Morgan fingerprint density at radius 1 is 1.06 bits per heavy atom. The first-order valence-corrected chi connectivity index (χ1v) is 11.8. The fraction of sp³-hybridized carbons (Fsp3) is 0.731. The van der Waals surface area contributed by atoms with Gasteiger partial charge in [-0.05, 0) is 99.3 Å². The van der Waals surface area contributed by atoms with E-state index >= 15 is 0 Å². The Labute approximate surface area is 194 Å². The molecule has 0 amide bonds. The van der Waals surface area contributed by atoms with E-state index in [9.17, 15) is 5.26 Å². The number of hydrogen-bond donors (Lipinski definition) is 1. The molecule has 4 aliphatic rings. The number of halogens is 1. The Morgan fingerprint density at radius 3 is 2.13 bits per heavy atom. The zero-order valence-corrected chi connectivity index (χ0v) is 20.4. The standard InChI is InChI=1S/C26H38N2O2.ClH/c1-18(2)26(17-27,22-6-7-23(29-3)24(13-22)30-4)8-5-9-28-25-14-19-10-20(15-25)12-21(11-19)16-25;/h6-7,13,18-21,28H,5,8-12,14-16H2,1-4H3;1H. The molecule has 1 aromatic carbocycles. The van der Waals surface area contributed by atoms with Gasteiger partial charge in [-0.1, -0.05) is 19.9 Å². The van der Waals surface area contributed by atoms with Crippen LogP contribution < -0.4 is 14.8 Å². The summed E-state index contributed by atoms with van der Waals surface area (Å²) in [5.41, 5.74) is 0.918. The molecule has 4 aliphatic carbocycles. The van der Waals surface area contributed by atoms with Crippen LogP contribution in [-0.2, 0) is 5.41 Å². The van der Waals surface area contributed by atoms with Gasteiger partial charge in [0.25, 0.3) is 0 Å². The highest BCUT2D eigenvalue weighted by atomic mass is 35.5. The Kier molecular flexibility index (Phi) is 7.49. The van der Waals surface area contributed by atoms with E-state index in [1.165, 1.54) is 38.5 Å². The molecule has 0 saturated heterocycles. The van der Waals surface area contributed by atoms with Crippen molar-refractivity contribution in [1.29, 1.82) is 5.26 Å². The number of rotatable bonds is 9. The number of ether oxygens (including phenoxy) is 2. The summed E-state index contributed by atoms with van der Waals surface area (Å²) in [6.45, 7) is 5.33. The Balaban J connectivity index is 0.00000272. The van der Waals surface area contributed by atoms with Crippen molar-refractivity contribution in [3.8, 4) is 17.6 Å². The van der Waals surface area contributed by atoms with Crippen LogP contribution in [0.3, 0.4) is 0 Å². The van der Waals surface area contributed by atoms with Crippen LogP contribution in [0.1, 0.15) is 70.8 Å². The average molecular weight is 447 g/mol. The molecule has 1 atom stereocenters. The highest BCUT2D eigenvalue weighted by Gasteiger charge is 2.50. The molecule has 0 heterocycles. The van der Waals surface area contributed by atoms with Crippen molar-refractivity contribution >= 4 is 12.4 Å². The number of hydrogen-bond acceptors (Lipinski definition) is 4. The molecular weight excluding hydrogens is 408 g/mol. The average Bonchev–Trinajstić information content (AvgIpc) is 2.72. The number of nitriles is 1. The molecule has 172 valence electrons. The van der Waals surface area contributed by atoms with Crippen LogP contribution in [0, 0.1) is 35.0 Å². The van der Waals surface area contributed by atoms with Crippen LogP contribution in [-0.4, -0.2) is 26.3 Å². The molecule has 4 bridgehead atoms. The molecule has 1 unspecified atom stereocenters. The Bertz CT molecular complexity index is 768. The quantitative estimate of drug-likeness (QED) is 0.481. The molecule has 31 heavy (non-hydrogen) atoms. The first kappa shape index (κ1) is 24.2. The molecule has 0 aromatic heterocycles. The normalized spacial score (nSPS) is 30.4. The summed E-state index contributed by atoms with van der Waals surface area (Å²) >= 11 is 0. The SMILES string of the molecule is COc1ccc(C(C#N)(CCCNC23CC4CC(CC(C4)C2)C3)C(C)C)cc1OC.Cl. The largest absolute Gasteiger partial charge is 0.493 e. The molecule has 0 aliphatic heterocycles. The summed E-state index contributed by atoms with van der Waals surface area (Å²) in [4.78, 5) is 0. The minimum absolute atomic E-state index is 0. The lowest BCUT2D eigenvalue weighted by molar-refractivity contribution is -0.0197. The van der Waals surface area contributed by atoms with Gasteiger partial charge in [0.2, 0.25) is 0 Å². The van der Waals surface area contributed by atoms with E-state index in [0.717, 1.165) is 42.7 Å². The van der Waals surface area contributed by atoms with Gasteiger partial charge in [-0.15, -0.1) is 12.4 Å². The minimum atomic E-state index is -0.511. The fourth-order valence-electron chi connectivity index (χ4n) is 7.18. The van der Waals surface area contributed by atoms with Crippen LogP contribution in [0.15, 0.2) is 18.2 Å². The van der Waals surface area contributed by atoms with E-state index in [2.05, 4.69) is 25.2 Å². The molecule has 1 N–H and O–H groups in total. The maximum Gasteiger partial charge on any atom is 0.161 e. The van der Waals surface area contributed by atoms with E-state index in [-0.39, 0.29) is 18.3 Å². The zero-order valence-electron chi connectivity index (χ0n) is 19.6. The smallest absolute Gasteiger partial charge is 0.161 e. The monoisotopic (exact) mass is 446 g/mol. The minimum Gasteiger partial charge on any atom is -0.493 e. The molecule has 5 rings (SSSR count). The molecule has 5 heteroatoms. The van der Waals surface area contributed by atoms with Gasteiger partial charge in [0, 0.05) is 5.54 Å². The summed E-state index contributed by atoms with van der Waals surface area (Å²) in [7, 11) is 3.30. The molecule has 4 saturated carbocycles. The van der Waals surface area contributed by atoms with Gasteiger partial charge in [0.15, 0.2) is 11.5 Å². The molecular formula is C26H39ClN2O2. The van der Waals surface area contributed by atoms with Crippen molar-refractivity contribution in [2.75, 3.05) is 20.8 Å². The first-order valence-electron chi connectivity index (χ1n) is 11.8. The van der Waals surface area contributed by atoms with Crippen LogP contribution in [0.4, 0.5) is 0 Å². The van der Waals surface area contributed by atoms with Crippen molar-refractivity contribution in [2.24, 2.45) is 23.7 Å². The number of benzene rings is 1. The second-order valence-corrected chi connectivity index (χ2v) is 10.5. The lowest BCUT2D eigenvalue weighted by atomic mass is 9.53. The van der Waals surface area contributed by atoms with Gasteiger partial charge < -0.3 is 14.8 Å². The summed E-state index contributed by atoms with van der Waals surface area (Å²) in [6.07, 6.45) is 10.4. The predicted molar refractivity (Wildman–Crippen MR) is 127 cm³/mol. The number of nitrogens with zero attached hydrogens (tertiary/aromatic N) is 1. The highest BCUT2D eigenvalue weighted by molar-refractivity contribution is 5.85. The molecule has 1 aromatic rings. The zero-order chi connectivity index (χ0) is 21.4. The van der Waals surface area contributed by atoms with Gasteiger partial charge in [0.1, 0.15) is 0 Å². The Hall–Kier alpha value is -1.44. The second-order valence-electron chi connectivity index (χ2n) is 10.5. The van der Waals surface area contributed by atoms with Gasteiger partial charge >= 0.3 is 0 Å². The third-order valence-electron chi connectivity index (χ3n) is 8.37. The fourth-order valence-corrected chi connectivity index (χ4v) is 7.18. The number of methoxy groups -OCH3 is 2. The van der Waals surface area contributed by atoms with Crippen molar-refractivity contribution < 1.29 is 9.47 Å². The molecule has 0 radical (unpaired) electrons. The van der Waals surface area contributed by atoms with E-state index in [4.69, 9.17) is 9.47 Å². The van der Waals surface area contributed by atoms with Crippen molar-refractivity contribution in [1.82, 2.24) is 5.32 Å². The van der Waals surface area contributed by atoms with E-state index in [1.807, 2.05) is 18.2 Å². The first-order chi connectivity index (χ1) is 14.4. The predicted octanol–water partition coefficient (Wildman–Crippen LogP) is 5.88. The van der Waals surface area contributed by atoms with Crippen molar-refractivity contribution in [3.63, 3.8) is 0 Å². The lowest BCUT2D eigenvalue weighted by Crippen LogP contribution is -2.58. The summed E-state index contributed by atoms with van der Waals surface area (Å²) < 4.78 is 10.9. The van der Waals surface area contributed by atoms with Crippen LogP contribution in [0.5, 0.6) is 11.5 Å². The van der Waals surface area contributed by atoms with Gasteiger partial charge in [-0.25, -0.2) is 0 Å². The van der Waals surface area contributed by atoms with Crippen LogP contribution in [0.2, 0.25) is 0 Å². The third kappa shape index (κ3) is 4.55. The van der Waals surface area contributed by atoms with E-state index < -0.39 is 5.41 Å². The van der Waals surface area contributed by atoms with Crippen molar-refractivity contribution in [2.45, 2.75) is 76.2 Å². The molecule has 4 fully saturated rings. The summed E-state index contributed by atoms with van der Waals surface area (Å²) in [5, 5.41) is 14.3. The van der Waals surface area contributed by atoms with E-state index in [0.29, 0.717) is 17.0 Å². The maximum atomic E-state index is 10.3. The highest BCUT2D eigenvalue weighted by Crippen LogP contribution is 2.55. The van der Waals surface area contributed by atoms with Crippen molar-refractivity contribution in [3.05, 3.63) is 23.8 Å². The molecule has 0 spiro atoms. The maximum absolute atomic E-state index is 10.3. The summed E-state index contributed by atoms with van der Waals surface area (Å²) in [6, 6.07) is 8.65. The number of nitrogens with one attached hydrogen (secondary N) is 1. The van der Waals surface area contributed by atoms with Gasteiger partial charge in [-0.3, -0.25) is 0 Å². The lowest BCUT2D eigenvalue weighted by Gasteiger charge is -2.57. The summed E-state index contributed by atoms with van der Waals surface area (Å²) in [5.74, 6) is 4.51. The van der Waals surface area contributed by atoms with E-state index in [1.54, 1.807) is 14.2 Å². The third-order valence-corrected chi connectivity index (χ3v) is 8.37. The second kappa shape index (κ2) is 9.59. The Morgan fingerprint density at radius 2 is 1.65 bits per heavy atom. The topological polar surface area (TPSA) is 54.3 Å². The molecule has 4 nitrogen and oxygen atoms in total. The van der Waals surface area contributed by atoms with Crippen LogP contribution in [0.25, 0.3) is 0 Å².